The smallest absolute Gasteiger partial charge is 0.253 e. The number of likely N-dealkylation sites (tertiary alicyclic amines) is 2. The monoisotopic (exact) mass is 394 g/mol. The topological polar surface area (TPSA) is 82.6 Å². The van der Waals surface area contributed by atoms with Gasteiger partial charge in [0.25, 0.3) is 5.91 Å². The fourth-order valence-electron chi connectivity index (χ4n) is 4.89. The maximum Gasteiger partial charge on any atom is 0.253 e. The summed E-state index contributed by atoms with van der Waals surface area (Å²) in [6, 6.07) is 9.39. The second-order valence-electron chi connectivity index (χ2n) is 8.16. The molecule has 152 valence electrons. The molecular formula is C22H26N4O3. The van der Waals surface area contributed by atoms with E-state index in [1.165, 1.54) is 6.92 Å². The zero-order valence-electron chi connectivity index (χ0n) is 16.9. The lowest BCUT2D eigenvalue weighted by Gasteiger charge is -2.44. The van der Waals surface area contributed by atoms with E-state index in [1.807, 2.05) is 40.1 Å². The molecule has 3 heterocycles. The van der Waals surface area contributed by atoms with E-state index in [0.29, 0.717) is 25.2 Å². The van der Waals surface area contributed by atoms with Gasteiger partial charge >= 0.3 is 0 Å². The van der Waals surface area contributed by atoms with Crippen molar-refractivity contribution in [3.63, 3.8) is 0 Å². The number of fused-ring (bicyclic) bond motifs is 1. The number of nitrogens with one attached hydrogen (secondary N) is 1. The molecule has 3 amide bonds. The fraction of sp³-hybridized carbons (Fsp3) is 0.455. The summed E-state index contributed by atoms with van der Waals surface area (Å²) in [6.45, 7) is 4.82. The van der Waals surface area contributed by atoms with Gasteiger partial charge in [-0.3, -0.25) is 19.4 Å². The van der Waals surface area contributed by atoms with E-state index in [1.54, 1.807) is 13.1 Å². The van der Waals surface area contributed by atoms with E-state index in [2.05, 4.69) is 10.3 Å². The molecule has 29 heavy (non-hydrogen) atoms. The normalized spacial score (nSPS) is 20.8. The van der Waals surface area contributed by atoms with Crippen molar-refractivity contribution in [1.82, 2.24) is 20.1 Å². The number of carbonyl (C=O) groups excluding carboxylic acids is 3. The third-order valence-electron chi connectivity index (χ3n) is 6.22. The van der Waals surface area contributed by atoms with E-state index < -0.39 is 0 Å². The molecule has 2 aliphatic heterocycles. The molecule has 2 fully saturated rings. The number of aromatic nitrogens is 1. The average Bonchev–Trinajstić information content (AvgIpc) is 3.04. The van der Waals surface area contributed by atoms with E-state index >= 15 is 0 Å². The minimum atomic E-state index is -0.275. The van der Waals surface area contributed by atoms with Crippen molar-refractivity contribution >= 4 is 28.6 Å². The van der Waals surface area contributed by atoms with Crippen LogP contribution in [0.5, 0.6) is 0 Å². The maximum atomic E-state index is 13.0. The molecule has 7 heteroatoms. The van der Waals surface area contributed by atoms with E-state index in [9.17, 15) is 14.4 Å². The van der Waals surface area contributed by atoms with Crippen molar-refractivity contribution < 1.29 is 14.4 Å². The molecule has 2 aliphatic rings. The van der Waals surface area contributed by atoms with Crippen molar-refractivity contribution in [3.05, 3.63) is 42.1 Å². The first-order chi connectivity index (χ1) is 13.9. The maximum absolute atomic E-state index is 13.0. The largest absolute Gasteiger partial charge is 0.352 e. The van der Waals surface area contributed by atoms with Gasteiger partial charge in [0.2, 0.25) is 11.8 Å². The molecule has 2 saturated heterocycles. The van der Waals surface area contributed by atoms with Crippen molar-refractivity contribution in [2.45, 2.75) is 44.7 Å². The van der Waals surface area contributed by atoms with Crippen LogP contribution < -0.4 is 5.32 Å². The van der Waals surface area contributed by atoms with Crippen LogP contribution in [0.2, 0.25) is 0 Å². The van der Waals surface area contributed by atoms with Gasteiger partial charge in [-0.1, -0.05) is 6.07 Å². The van der Waals surface area contributed by atoms with Crippen molar-refractivity contribution in [2.75, 3.05) is 19.6 Å². The molecule has 1 aromatic heterocycles. The summed E-state index contributed by atoms with van der Waals surface area (Å²) >= 11 is 0. The van der Waals surface area contributed by atoms with Crippen LogP contribution in [-0.2, 0) is 9.59 Å². The minimum absolute atomic E-state index is 0.0105. The Morgan fingerprint density at radius 1 is 1.14 bits per heavy atom. The third kappa shape index (κ3) is 3.69. The summed E-state index contributed by atoms with van der Waals surface area (Å²) in [7, 11) is 0. The summed E-state index contributed by atoms with van der Waals surface area (Å²) < 4.78 is 0. The molecule has 0 unspecified atom stereocenters. The summed E-state index contributed by atoms with van der Waals surface area (Å²) in [4.78, 5) is 44.8. The summed E-state index contributed by atoms with van der Waals surface area (Å²) in [5, 5.41) is 3.90. The Bertz CT molecular complexity index is 965. The van der Waals surface area contributed by atoms with E-state index in [-0.39, 0.29) is 29.3 Å². The lowest BCUT2D eigenvalue weighted by Crippen LogP contribution is -2.54. The number of benzene rings is 1. The molecule has 1 N–H and O–H groups in total. The van der Waals surface area contributed by atoms with Crippen LogP contribution in [0.3, 0.4) is 0 Å². The number of hydrogen-bond acceptors (Lipinski definition) is 4. The number of nitrogens with zero attached hydrogens (tertiary/aromatic N) is 3. The summed E-state index contributed by atoms with van der Waals surface area (Å²) in [5.41, 5.74) is 1.25. The minimum Gasteiger partial charge on any atom is -0.352 e. The number of rotatable bonds is 2. The zero-order chi connectivity index (χ0) is 20.6. The standard InChI is InChI=1S/C22H26N4O3/c1-15(27)24-19-13-22(26(14-19)16(2)28)7-10-25(11-8-22)21(29)18-5-6-20-17(12-18)4-3-9-23-20/h3-6,9,12,19H,7-8,10-11,13-14H2,1-2H3,(H,24,27)/t19-/m0/s1. The van der Waals surface area contributed by atoms with Gasteiger partial charge in [0.15, 0.2) is 0 Å². The molecule has 1 aromatic carbocycles. The Labute approximate surface area is 170 Å². The molecular weight excluding hydrogens is 368 g/mol. The molecule has 0 radical (unpaired) electrons. The number of carbonyl (C=O) groups is 3. The Kier molecular flexibility index (Phi) is 4.98. The molecule has 1 atom stereocenters. The Hall–Kier alpha value is -2.96. The van der Waals surface area contributed by atoms with Gasteiger partial charge in [-0.25, -0.2) is 0 Å². The first-order valence-electron chi connectivity index (χ1n) is 10.1. The van der Waals surface area contributed by atoms with Crippen LogP contribution in [0, 0.1) is 0 Å². The van der Waals surface area contributed by atoms with Gasteiger partial charge in [0.1, 0.15) is 0 Å². The highest BCUT2D eigenvalue weighted by Gasteiger charge is 2.49. The number of piperidine rings is 1. The predicted molar refractivity (Wildman–Crippen MR) is 109 cm³/mol. The van der Waals surface area contributed by atoms with E-state index in [4.69, 9.17) is 0 Å². The molecule has 1 spiro atoms. The first kappa shape index (κ1) is 19.4. The van der Waals surface area contributed by atoms with Gasteiger partial charge < -0.3 is 15.1 Å². The highest BCUT2D eigenvalue weighted by molar-refractivity contribution is 5.98. The lowest BCUT2D eigenvalue weighted by molar-refractivity contribution is -0.134. The third-order valence-corrected chi connectivity index (χ3v) is 6.22. The molecule has 4 rings (SSSR count). The summed E-state index contributed by atoms with van der Waals surface area (Å²) in [5.74, 6) is -0.0370. The van der Waals surface area contributed by atoms with Crippen LogP contribution in [0.1, 0.15) is 43.5 Å². The van der Waals surface area contributed by atoms with Gasteiger partial charge in [-0.05, 0) is 43.5 Å². The highest BCUT2D eigenvalue weighted by Crippen LogP contribution is 2.39. The van der Waals surface area contributed by atoms with Crippen LogP contribution in [0.15, 0.2) is 36.5 Å². The molecule has 2 aromatic rings. The predicted octanol–water partition coefficient (Wildman–Crippen LogP) is 1.97. The first-order valence-corrected chi connectivity index (χ1v) is 10.1. The van der Waals surface area contributed by atoms with E-state index in [0.717, 1.165) is 30.2 Å². The Balaban J connectivity index is 1.48. The number of amides is 3. The second-order valence-corrected chi connectivity index (χ2v) is 8.16. The molecule has 0 saturated carbocycles. The van der Waals surface area contributed by atoms with Crippen LogP contribution in [0.25, 0.3) is 10.9 Å². The zero-order valence-corrected chi connectivity index (χ0v) is 16.9. The molecule has 0 bridgehead atoms. The number of pyridine rings is 1. The van der Waals surface area contributed by atoms with Gasteiger partial charge in [-0.15, -0.1) is 0 Å². The van der Waals surface area contributed by atoms with Crippen LogP contribution >= 0.6 is 0 Å². The van der Waals surface area contributed by atoms with Crippen molar-refractivity contribution in [1.29, 1.82) is 0 Å². The fourth-order valence-corrected chi connectivity index (χ4v) is 4.89. The Morgan fingerprint density at radius 3 is 2.59 bits per heavy atom. The van der Waals surface area contributed by atoms with Crippen LogP contribution in [-0.4, -0.2) is 63.7 Å². The quantitative estimate of drug-likeness (QED) is 0.844. The number of hydrogen-bond donors (Lipinski definition) is 1. The van der Waals surface area contributed by atoms with Gasteiger partial charge in [0.05, 0.1) is 5.52 Å². The average molecular weight is 394 g/mol. The van der Waals surface area contributed by atoms with Crippen LogP contribution in [0.4, 0.5) is 0 Å². The van der Waals surface area contributed by atoms with Gasteiger partial charge in [-0.2, -0.15) is 0 Å². The molecule has 7 nitrogen and oxygen atoms in total. The van der Waals surface area contributed by atoms with Crippen molar-refractivity contribution in [3.8, 4) is 0 Å². The van der Waals surface area contributed by atoms with Crippen molar-refractivity contribution in [2.24, 2.45) is 0 Å². The highest BCUT2D eigenvalue weighted by atomic mass is 16.2. The Morgan fingerprint density at radius 2 is 1.90 bits per heavy atom. The SMILES string of the molecule is CC(=O)N[C@@H]1CN(C(C)=O)C2(CCN(C(=O)c3ccc4ncccc4c3)CC2)C1. The summed E-state index contributed by atoms with van der Waals surface area (Å²) in [6.07, 6.45) is 3.94. The second kappa shape index (κ2) is 7.46. The lowest BCUT2D eigenvalue weighted by atomic mass is 9.83. The van der Waals surface area contributed by atoms with Gasteiger partial charge in [0, 0.05) is 62.2 Å². The molecule has 0 aliphatic carbocycles.